The van der Waals surface area contributed by atoms with Gasteiger partial charge >= 0.3 is 0 Å². The van der Waals surface area contributed by atoms with E-state index in [4.69, 9.17) is 10.5 Å². The Morgan fingerprint density at radius 2 is 2.00 bits per heavy atom. The molecule has 1 aliphatic heterocycles. The number of hydrogen-bond donors (Lipinski definition) is 1. The highest BCUT2D eigenvalue weighted by Gasteiger charge is 2.24. The predicted molar refractivity (Wildman–Crippen MR) is 79.6 cm³/mol. The molecular weight excluding hydrogens is 252 g/mol. The Labute approximate surface area is 120 Å². The van der Waals surface area contributed by atoms with Gasteiger partial charge in [0.05, 0.1) is 0 Å². The molecule has 0 bridgehead atoms. The van der Waals surface area contributed by atoms with Crippen LogP contribution in [0.4, 0.5) is 0 Å². The van der Waals surface area contributed by atoms with Gasteiger partial charge < -0.3 is 15.4 Å². The van der Waals surface area contributed by atoms with Crippen molar-refractivity contribution in [2.24, 2.45) is 5.73 Å². The van der Waals surface area contributed by atoms with Crippen LogP contribution >= 0.6 is 0 Å². The SMILES string of the molecule is CCC(N)CC(=O)N1CCC(Oc2ccccc2)CC1. The van der Waals surface area contributed by atoms with Crippen molar-refractivity contribution in [3.05, 3.63) is 30.3 Å². The number of para-hydroxylation sites is 1. The van der Waals surface area contributed by atoms with Crippen LogP contribution in [0.1, 0.15) is 32.6 Å². The van der Waals surface area contributed by atoms with Gasteiger partial charge in [0.25, 0.3) is 0 Å². The van der Waals surface area contributed by atoms with E-state index in [-0.39, 0.29) is 18.1 Å². The van der Waals surface area contributed by atoms with E-state index in [9.17, 15) is 4.79 Å². The van der Waals surface area contributed by atoms with Gasteiger partial charge in [0.15, 0.2) is 0 Å². The van der Waals surface area contributed by atoms with Crippen molar-refractivity contribution in [3.63, 3.8) is 0 Å². The number of likely N-dealkylation sites (tertiary alicyclic amines) is 1. The second-order valence-electron chi connectivity index (χ2n) is 5.38. The van der Waals surface area contributed by atoms with Crippen molar-refractivity contribution >= 4 is 5.91 Å². The van der Waals surface area contributed by atoms with Crippen LogP contribution in [0.5, 0.6) is 5.75 Å². The second-order valence-corrected chi connectivity index (χ2v) is 5.38. The number of hydrogen-bond acceptors (Lipinski definition) is 3. The monoisotopic (exact) mass is 276 g/mol. The zero-order valence-corrected chi connectivity index (χ0v) is 12.1. The molecule has 1 aromatic carbocycles. The molecule has 2 N–H and O–H groups in total. The van der Waals surface area contributed by atoms with E-state index >= 15 is 0 Å². The number of piperidine rings is 1. The summed E-state index contributed by atoms with van der Waals surface area (Å²) in [6, 6.07) is 9.85. The molecule has 1 fully saturated rings. The zero-order chi connectivity index (χ0) is 14.4. The van der Waals surface area contributed by atoms with Crippen LogP contribution in [0.25, 0.3) is 0 Å². The van der Waals surface area contributed by atoms with Gasteiger partial charge in [-0.3, -0.25) is 4.79 Å². The fraction of sp³-hybridized carbons (Fsp3) is 0.562. The van der Waals surface area contributed by atoms with Crippen LogP contribution < -0.4 is 10.5 Å². The molecule has 0 aromatic heterocycles. The van der Waals surface area contributed by atoms with Gasteiger partial charge in [-0.05, 0) is 18.6 Å². The lowest BCUT2D eigenvalue weighted by molar-refractivity contribution is -0.133. The molecule has 0 spiro atoms. The standard InChI is InChI=1S/C16H24N2O2/c1-2-13(17)12-16(19)18-10-8-15(9-11-18)20-14-6-4-3-5-7-14/h3-7,13,15H,2,8-12,17H2,1H3. The Balaban J connectivity index is 1.76. The molecule has 20 heavy (non-hydrogen) atoms. The number of benzene rings is 1. The van der Waals surface area contributed by atoms with Gasteiger partial charge in [-0.15, -0.1) is 0 Å². The van der Waals surface area contributed by atoms with Crippen molar-refractivity contribution in [2.45, 2.75) is 44.8 Å². The van der Waals surface area contributed by atoms with Gasteiger partial charge in [0, 0.05) is 38.4 Å². The average molecular weight is 276 g/mol. The summed E-state index contributed by atoms with van der Waals surface area (Å²) in [5.41, 5.74) is 5.84. The molecule has 0 aliphatic carbocycles. The maximum absolute atomic E-state index is 12.0. The molecule has 0 saturated carbocycles. The van der Waals surface area contributed by atoms with Gasteiger partial charge in [-0.2, -0.15) is 0 Å². The largest absolute Gasteiger partial charge is 0.490 e. The molecule has 1 aliphatic rings. The molecule has 1 atom stereocenters. The Hall–Kier alpha value is -1.55. The summed E-state index contributed by atoms with van der Waals surface area (Å²) in [6.45, 7) is 3.55. The van der Waals surface area contributed by atoms with Crippen LogP contribution in [-0.4, -0.2) is 36.0 Å². The maximum atomic E-state index is 12.0. The summed E-state index contributed by atoms with van der Waals surface area (Å²) >= 11 is 0. The maximum Gasteiger partial charge on any atom is 0.224 e. The average Bonchev–Trinajstić information content (AvgIpc) is 2.49. The lowest BCUT2D eigenvalue weighted by Gasteiger charge is -2.32. The van der Waals surface area contributed by atoms with Gasteiger partial charge in [0.2, 0.25) is 5.91 Å². The third-order valence-electron chi connectivity index (χ3n) is 3.80. The first-order chi connectivity index (χ1) is 9.69. The molecule has 1 amide bonds. The van der Waals surface area contributed by atoms with Crippen molar-refractivity contribution in [2.75, 3.05) is 13.1 Å². The fourth-order valence-corrected chi connectivity index (χ4v) is 2.41. The quantitative estimate of drug-likeness (QED) is 0.897. The molecule has 4 nitrogen and oxygen atoms in total. The first-order valence-corrected chi connectivity index (χ1v) is 7.44. The number of carbonyl (C=O) groups excluding carboxylic acids is 1. The summed E-state index contributed by atoms with van der Waals surface area (Å²) in [7, 11) is 0. The highest BCUT2D eigenvalue weighted by molar-refractivity contribution is 5.76. The Morgan fingerprint density at radius 1 is 1.35 bits per heavy atom. The zero-order valence-electron chi connectivity index (χ0n) is 12.1. The highest BCUT2D eigenvalue weighted by Crippen LogP contribution is 2.19. The van der Waals surface area contributed by atoms with Gasteiger partial charge in [0.1, 0.15) is 11.9 Å². The molecule has 1 heterocycles. The predicted octanol–water partition coefficient (Wildman–Crippen LogP) is 2.18. The van der Waals surface area contributed by atoms with Crippen LogP contribution in [0.3, 0.4) is 0 Å². The van der Waals surface area contributed by atoms with E-state index in [0.29, 0.717) is 6.42 Å². The minimum absolute atomic E-state index is 0.0132. The van der Waals surface area contributed by atoms with Crippen LogP contribution in [-0.2, 0) is 4.79 Å². The third-order valence-corrected chi connectivity index (χ3v) is 3.80. The summed E-state index contributed by atoms with van der Waals surface area (Å²) in [6.07, 6.45) is 3.30. The Morgan fingerprint density at radius 3 is 2.60 bits per heavy atom. The number of nitrogens with two attached hydrogens (primary N) is 1. The lowest BCUT2D eigenvalue weighted by Crippen LogP contribution is -2.43. The minimum atomic E-state index is -0.0132. The third kappa shape index (κ3) is 4.23. The molecule has 110 valence electrons. The van der Waals surface area contributed by atoms with E-state index < -0.39 is 0 Å². The first-order valence-electron chi connectivity index (χ1n) is 7.44. The van der Waals surface area contributed by atoms with Gasteiger partial charge in [-0.25, -0.2) is 0 Å². The van der Waals surface area contributed by atoms with E-state index in [1.54, 1.807) is 0 Å². The molecule has 1 saturated heterocycles. The van der Waals surface area contributed by atoms with E-state index in [0.717, 1.165) is 38.1 Å². The van der Waals surface area contributed by atoms with Crippen LogP contribution in [0, 0.1) is 0 Å². The number of nitrogens with zero attached hydrogens (tertiary/aromatic N) is 1. The molecule has 1 unspecified atom stereocenters. The molecular formula is C16H24N2O2. The minimum Gasteiger partial charge on any atom is -0.490 e. The summed E-state index contributed by atoms with van der Waals surface area (Å²) in [5, 5.41) is 0. The summed E-state index contributed by atoms with van der Waals surface area (Å²) in [5.74, 6) is 1.09. The van der Waals surface area contributed by atoms with Crippen LogP contribution in [0.15, 0.2) is 30.3 Å². The van der Waals surface area contributed by atoms with Crippen LogP contribution in [0.2, 0.25) is 0 Å². The number of amides is 1. The van der Waals surface area contributed by atoms with Crippen molar-refractivity contribution in [1.82, 2.24) is 4.90 Å². The molecule has 0 radical (unpaired) electrons. The molecule has 1 aromatic rings. The number of carbonyl (C=O) groups is 1. The van der Waals surface area contributed by atoms with E-state index in [2.05, 4.69) is 0 Å². The molecule has 2 rings (SSSR count). The van der Waals surface area contributed by atoms with Gasteiger partial charge in [-0.1, -0.05) is 25.1 Å². The number of rotatable bonds is 5. The Kier molecular flexibility index (Phi) is 5.41. The molecule has 4 heteroatoms. The first kappa shape index (κ1) is 14.9. The normalized spacial score (nSPS) is 17.8. The lowest BCUT2D eigenvalue weighted by atomic mass is 10.1. The van der Waals surface area contributed by atoms with Crippen molar-refractivity contribution < 1.29 is 9.53 Å². The van der Waals surface area contributed by atoms with E-state index in [1.807, 2.05) is 42.2 Å². The van der Waals surface area contributed by atoms with Crippen molar-refractivity contribution in [3.8, 4) is 5.75 Å². The Bertz CT molecular complexity index is 414. The fourth-order valence-electron chi connectivity index (χ4n) is 2.41. The smallest absolute Gasteiger partial charge is 0.224 e. The highest BCUT2D eigenvalue weighted by atomic mass is 16.5. The van der Waals surface area contributed by atoms with Crippen molar-refractivity contribution in [1.29, 1.82) is 0 Å². The summed E-state index contributed by atoms with van der Waals surface area (Å²) < 4.78 is 5.92. The summed E-state index contributed by atoms with van der Waals surface area (Å²) in [4.78, 5) is 14.0. The van der Waals surface area contributed by atoms with E-state index in [1.165, 1.54) is 0 Å². The second kappa shape index (κ2) is 7.29. The number of ether oxygens (including phenoxy) is 1. The topological polar surface area (TPSA) is 55.6 Å².